The van der Waals surface area contributed by atoms with Gasteiger partial charge < -0.3 is 38.7 Å². The first-order valence-corrected chi connectivity index (χ1v) is 7.91. The fourth-order valence-corrected chi connectivity index (χ4v) is 3.02. The lowest BCUT2D eigenvalue weighted by molar-refractivity contribution is -0.277. The molecule has 26 heavy (non-hydrogen) atoms. The van der Waals surface area contributed by atoms with Gasteiger partial charge in [0.15, 0.2) is 0 Å². The van der Waals surface area contributed by atoms with E-state index in [0.29, 0.717) is 16.4 Å². The zero-order valence-corrected chi connectivity index (χ0v) is 13.3. The zero-order chi connectivity index (χ0) is 18.4. The van der Waals surface area contributed by atoms with Crippen LogP contribution < -0.4 is 10.4 Å². The van der Waals surface area contributed by atoms with Gasteiger partial charge in [0.1, 0.15) is 41.3 Å². The van der Waals surface area contributed by atoms with E-state index >= 15 is 0 Å². The minimum atomic E-state index is -1.57. The van der Waals surface area contributed by atoms with Crippen LogP contribution in [0.25, 0.3) is 21.9 Å². The summed E-state index contributed by atoms with van der Waals surface area (Å²) in [6.45, 7) is -0.573. The second kappa shape index (κ2) is 6.38. The molecule has 4 N–H and O–H groups in total. The Hall–Kier alpha value is -2.43. The van der Waals surface area contributed by atoms with Crippen molar-refractivity contribution in [1.29, 1.82) is 0 Å². The lowest BCUT2D eigenvalue weighted by atomic mass is 9.99. The van der Waals surface area contributed by atoms with E-state index in [0.717, 1.165) is 0 Å². The molecule has 1 aromatic carbocycles. The molecule has 1 aliphatic heterocycles. The maximum absolute atomic E-state index is 11.5. The third-order valence-corrected chi connectivity index (χ3v) is 4.39. The lowest BCUT2D eigenvalue weighted by Gasteiger charge is -2.39. The van der Waals surface area contributed by atoms with Gasteiger partial charge in [0.25, 0.3) is 0 Å². The molecule has 3 aromatic rings. The quantitative estimate of drug-likeness (QED) is 0.461. The van der Waals surface area contributed by atoms with E-state index in [4.69, 9.17) is 18.3 Å². The van der Waals surface area contributed by atoms with Gasteiger partial charge >= 0.3 is 5.63 Å². The molecule has 9 nitrogen and oxygen atoms in total. The summed E-state index contributed by atoms with van der Waals surface area (Å²) in [5.41, 5.74) is 0.0353. The van der Waals surface area contributed by atoms with Crippen molar-refractivity contribution in [3.05, 3.63) is 40.9 Å². The van der Waals surface area contributed by atoms with Crippen LogP contribution in [-0.4, -0.2) is 57.7 Å². The number of ether oxygens (including phenoxy) is 2. The third-order valence-electron chi connectivity index (χ3n) is 4.39. The Morgan fingerprint density at radius 3 is 2.54 bits per heavy atom. The van der Waals surface area contributed by atoms with Gasteiger partial charge in [-0.3, -0.25) is 0 Å². The van der Waals surface area contributed by atoms with Gasteiger partial charge in [-0.05, 0) is 12.1 Å². The first kappa shape index (κ1) is 17.0. The Kier molecular flexibility index (Phi) is 4.17. The highest BCUT2D eigenvalue weighted by molar-refractivity contribution is 6.01. The zero-order valence-electron chi connectivity index (χ0n) is 13.3. The van der Waals surface area contributed by atoms with Gasteiger partial charge in [-0.1, -0.05) is 0 Å². The standard InChI is InChI=1S/C17H16O9/c18-6-11-13(20)14(21)15(22)17(25-11)26-16-7-1-2-12(19)24-10(7)5-9-8(16)3-4-23-9/h1-5,11,13-15,17-18,20-22H,6H2/t11-,13+,14-,15-,17+/m1/s1. The highest BCUT2D eigenvalue weighted by Gasteiger charge is 2.45. The van der Waals surface area contributed by atoms with E-state index in [1.807, 2.05) is 0 Å². The highest BCUT2D eigenvalue weighted by atomic mass is 16.7. The van der Waals surface area contributed by atoms with Gasteiger partial charge in [0.2, 0.25) is 6.29 Å². The number of fused-ring (bicyclic) bond motifs is 2. The summed E-state index contributed by atoms with van der Waals surface area (Å²) in [5.74, 6) is 0.208. The summed E-state index contributed by atoms with van der Waals surface area (Å²) < 4.78 is 21.6. The van der Waals surface area contributed by atoms with E-state index in [1.54, 1.807) is 6.07 Å². The predicted molar refractivity (Wildman–Crippen MR) is 86.7 cm³/mol. The second-order valence-corrected chi connectivity index (χ2v) is 6.02. The van der Waals surface area contributed by atoms with Crippen molar-refractivity contribution in [3.63, 3.8) is 0 Å². The number of aliphatic hydroxyl groups excluding tert-OH is 4. The molecule has 0 amide bonds. The maximum atomic E-state index is 11.5. The number of hydrogen-bond acceptors (Lipinski definition) is 9. The second-order valence-electron chi connectivity index (χ2n) is 6.02. The van der Waals surface area contributed by atoms with Crippen LogP contribution in [0.1, 0.15) is 0 Å². The third kappa shape index (κ3) is 2.66. The van der Waals surface area contributed by atoms with Crippen LogP contribution in [0.15, 0.2) is 44.2 Å². The molecule has 138 valence electrons. The maximum Gasteiger partial charge on any atom is 0.336 e. The van der Waals surface area contributed by atoms with Crippen molar-refractivity contribution >= 4 is 21.9 Å². The van der Waals surface area contributed by atoms with Gasteiger partial charge in [-0.15, -0.1) is 0 Å². The first-order valence-electron chi connectivity index (χ1n) is 7.91. The van der Waals surface area contributed by atoms with Crippen molar-refractivity contribution in [1.82, 2.24) is 0 Å². The number of rotatable bonds is 3. The molecule has 9 heteroatoms. The summed E-state index contributed by atoms with van der Waals surface area (Å²) in [4.78, 5) is 11.5. The molecule has 1 saturated heterocycles. The molecule has 1 fully saturated rings. The monoisotopic (exact) mass is 364 g/mol. The molecular formula is C17H16O9. The first-order chi connectivity index (χ1) is 12.5. The van der Waals surface area contributed by atoms with Crippen molar-refractivity contribution in [3.8, 4) is 5.75 Å². The summed E-state index contributed by atoms with van der Waals surface area (Å²) in [6.07, 6.45) is -5.69. The average molecular weight is 364 g/mol. The van der Waals surface area contributed by atoms with Crippen LogP contribution in [0.2, 0.25) is 0 Å². The molecule has 3 heterocycles. The summed E-state index contributed by atoms with van der Waals surface area (Å²) in [6, 6.07) is 5.87. The van der Waals surface area contributed by atoms with Crippen molar-refractivity contribution in [2.45, 2.75) is 30.7 Å². The topological polar surface area (TPSA) is 143 Å². The van der Waals surface area contributed by atoms with Crippen LogP contribution in [0.4, 0.5) is 0 Å². The molecule has 0 aliphatic carbocycles. The highest BCUT2D eigenvalue weighted by Crippen LogP contribution is 2.37. The van der Waals surface area contributed by atoms with Crippen molar-refractivity contribution in [2.75, 3.05) is 6.61 Å². The number of hydrogen-bond donors (Lipinski definition) is 4. The van der Waals surface area contributed by atoms with E-state index in [2.05, 4.69) is 0 Å². The minimum absolute atomic E-state index is 0.208. The van der Waals surface area contributed by atoms with Crippen LogP contribution in [-0.2, 0) is 4.74 Å². The number of furan rings is 1. The summed E-state index contributed by atoms with van der Waals surface area (Å²) >= 11 is 0. The molecule has 0 bridgehead atoms. The molecule has 0 unspecified atom stereocenters. The Bertz CT molecular complexity index is 989. The van der Waals surface area contributed by atoms with Crippen molar-refractivity contribution in [2.24, 2.45) is 0 Å². The van der Waals surface area contributed by atoms with E-state index in [1.165, 1.54) is 24.5 Å². The fourth-order valence-electron chi connectivity index (χ4n) is 3.02. The lowest BCUT2D eigenvalue weighted by Crippen LogP contribution is -2.60. The van der Waals surface area contributed by atoms with Crippen molar-refractivity contribution < 1.29 is 38.7 Å². The predicted octanol–water partition coefficient (Wildman–Crippen LogP) is -0.282. The molecule has 5 atom stereocenters. The Morgan fingerprint density at radius 2 is 1.77 bits per heavy atom. The molecule has 2 aromatic heterocycles. The number of aliphatic hydroxyl groups is 4. The smallest absolute Gasteiger partial charge is 0.336 e. The van der Waals surface area contributed by atoms with Crippen LogP contribution >= 0.6 is 0 Å². The van der Waals surface area contributed by atoms with Gasteiger partial charge in [0.05, 0.1) is 23.6 Å². The minimum Gasteiger partial charge on any atom is -0.464 e. The summed E-state index contributed by atoms with van der Waals surface area (Å²) in [7, 11) is 0. The molecule has 0 saturated carbocycles. The molecule has 4 rings (SSSR count). The Balaban J connectivity index is 1.80. The Labute approximate surface area is 145 Å². The summed E-state index contributed by atoms with van der Waals surface area (Å²) in [5, 5.41) is 40.2. The Morgan fingerprint density at radius 1 is 1.00 bits per heavy atom. The average Bonchev–Trinajstić information content (AvgIpc) is 3.09. The van der Waals surface area contributed by atoms with Crippen LogP contribution in [0, 0.1) is 0 Å². The SMILES string of the molecule is O=c1ccc2c(O[C@@H]3O[C@H](CO)[C@H](O)[C@@H](O)[C@H]3O)c3ccoc3cc2o1. The number of benzene rings is 1. The van der Waals surface area contributed by atoms with E-state index in [9.17, 15) is 25.2 Å². The van der Waals surface area contributed by atoms with E-state index in [-0.39, 0.29) is 11.3 Å². The molecule has 0 radical (unpaired) electrons. The van der Waals surface area contributed by atoms with Crippen LogP contribution in [0.5, 0.6) is 5.75 Å². The fraction of sp³-hybridized carbons (Fsp3) is 0.353. The largest absolute Gasteiger partial charge is 0.464 e. The molecule has 1 aliphatic rings. The van der Waals surface area contributed by atoms with E-state index < -0.39 is 42.9 Å². The van der Waals surface area contributed by atoms with Gasteiger partial charge in [-0.25, -0.2) is 4.79 Å². The molecular weight excluding hydrogens is 348 g/mol. The normalized spacial score (nSPS) is 29.3. The van der Waals surface area contributed by atoms with Crippen LogP contribution in [0.3, 0.4) is 0 Å². The van der Waals surface area contributed by atoms with Gasteiger partial charge in [0, 0.05) is 12.1 Å². The van der Waals surface area contributed by atoms with Gasteiger partial charge in [-0.2, -0.15) is 0 Å². The molecule has 0 spiro atoms.